The molecular formula is C18H10F4. The Bertz CT molecular complexity index is 733. The first-order valence-corrected chi connectivity index (χ1v) is 6.57. The van der Waals surface area contributed by atoms with Crippen molar-refractivity contribution in [2.24, 2.45) is 0 Å². The summed E-state index contributed by atoms with van der Waals surface area (Å²) in [6.45, 7) is 0. The van der Waals surface area contributed by atoms with E-state index in [1.165, 1.54) is 36.4 Å². The van der Waals surface area contributed by atoms with E-state index in [-0.39, 0.29) is 22.3 Å². The van der Waals surface area contributed by atoms with Gasteiger partial charge in [0.15, 0.2) is 0 Å². The Morgan fingerprint density at radius 3 is 1.14 bits per heavy atom. The Hall–Kier alpha value is -2.62. The topological polar surface area (TPSA) is 0 Å². The van der Waals surface area contributed by atoms with Crippen LogP contribution in [-0.2, 0) is 0 Å². The highest BCUT2D eigenvalue weighted by Gasteiger charge is 2.14. The fourth-order valence-electron chi connectivity index (χ4n) is 2.38. The van der Waals surface area contributed by atoms with E-state index < -0.39 is 23.3 Å². The fourth-order valence-corrected chi connectivity index (χ4v) is 2.38. The molecule has 0 bridgehead atoms. The van der Waals surface area contributed by atoms with Crippen molar-refractivity contribution in [2.45, 2.75) is 0 Å². The normalized spacial score (nSPS) is 10.7. The molecule has 3 aromatic carbocycles. The van der Waals surface area contributed by atoms with E-state index in [0.717, 1.165) is 24.3 Å². The van der Waals surface area contributed by atoms with E-state index in [1.54, 1.807) is 0 Å². The Morgan fingerprint density at radius 2 is 0.773 bits per heavy atom. The van der Waals surface area contributed by atoms with Crippen LogP contribution >= 0.6 is 0 Å². The number of hydrogen-bond acceptors (Lipinski definition) is 0. The molecule has 0 fully saturated rings. The van der Waals surface area contributed by atoms with Crippen LogP contribution in [0.1, 0.15) is 0 Å². The Morgan fingerprint density at radius 1 is 0.455 bits per heavy atom. The van der Waals surface area contributed by atoms with Crippen LogP contribution in [0.25, 0.3) is 22.3 Å². The second kappa shape index (κ2) is 5.64. The summed E-state index contributed by atoms with van der Waals surface area (Å²) in [5.74, 6) is -2.92. The van der Waals surface area contributed by atoms with Gasteiger partial charge in [0.25, 0.3) is 0 Å². The maximum absolute atomic E-state index is 13.8. The molecule has 0 N–H and O–H groups in total. The number of halogens is 4. The van der Waals surface area contributed by atoms with Crippen molar-refractivity contribution in [1.82, 2.24) is 0 Å². The maximum Gasteiger partial charge on any atom is 0.133 e. The summed E-state index contributed by atoms with van der Waals surface area (Å²) in [6, 6.07) is 12.9. The standard InChI is InChI=1S/C18H10F4/c19-13-6-2-7-14(20)17(13)11-4-1-5-12(10-11)18-15(21)8-3-9-16(18)22/h1-10H. The average molecular weight is 302 g/mol. The highest BCUT2D eigenvalue weighted by atomic mass is 19.1. The second-order valence-electron chi connectivity index (χ2n) is 4.77. The summed E-state index contributed by atoms with van der Waals surface area (Å²) < 4.78 is 55.4. The smallest absolute Gasteiger partial charge is 0.133 e. The second-order valence-corrected chi connectivity index (χ2v) is 4.77. The lowest BCUT2D eigenvalue weighted by molar-refractivity contribution is 0.589. The van der Waals surface area contributed by atoms with Gasteiger partial charge in [-0.25, -0.2) is 17.6 Å². The van der Waals surface area contributed by atoms with Crippen LogP contribution in [0.2, 0.25) is 0 Å². The zero-order valence-corrected chi connectivity index (χ0v) is 11.3. The predicted octanol–water partition coefficient (Wildman–Crippen LogP) is 5.58. The molecule has 3 rings (SSSR count). The highest BCUT2D eigenvalue weighted by molar-refractivity contribution is 5.74. The van der Waals surface area contributed by atoms with Gasteiger partial charge in [-0.15, -0.1) is 0 Å². The lowest BCUT2D eigenvalue weighted by Gasteiger charge is -2.09. The molecular weight excluding hydrogens is 292 g/mol. The van der Waals surface area contributed by atoms with Crippen molar-refractivity contribution in [3.8, 4) is 22.3 Å². The lowest BCUT2D eigenvalue weighted by atomic mass is 9.98. The van der Waals surface area contributed by atoms with Crippen LogP contribution in [0.3, 0.4) is 0 Å². The first-order valence-electron chi connectivity index (χ1n) is 6.57. The van der Waals surface area contributed by atoms with Gasteiger partial charge in [0.05, 0.1) is 11.1 Å². The molecule has 0 atom stereocenters. The molecule has 0 nitrogen and oxygen atoms in total. The van der Waals surface area contributed by atoms with E-state index in [4.69, 9.17) is 0 Å². The van der Waals surface area contributed by atoms with Gasteiger partial charge < -0.3 is 0 Å². The Labute approximate surface area is 124 Å². The van der Waals surface area contributed by atoms with Gasteiger partial charge in [-0.2, -0.15) is 0 Å². The van der Waals surface area contributed by atoms with Gasteiger partial charge in [0.1, 0.15) is 23.3 Å². The van der Waals surface area contributed by atoms with Crippen molar-refractivity contribution in [3.63, 3.8) is 0 Å². The summed E-state index contributed by atoms with van der Waals surface area (Å²) >= 11 is 0. The van der Waals surface area contributed by atoms with Crippen molar-refractivity contribution >= 4 is 0 Å². The average Bonchev–Trinajstić information content (AvgIpc) is 2.47. The van der Waals surface area contributed by atoms with Gasteiger partial charge in [0, 0.05) is 0 Å². The zero-order chi connectivity index (χ0) is 15.7. The molecule has 0 heterocycles. The molecule has 0 radical (unpaired) electrons. The quantitative estimate of drug-likeness (QED) is 0.542. The minimum absolute atomic E-state index is 0.218. The summed E-state index contributed by atoms with van der Waals surface area (Å²) in [6.07, 6.45) is 0. The fraction of sp³-hybridized carbons (Fsp3) is 0. The van der Waals surface area contributed by atoms with Crippen LogP contribution in [-0.4, -0.2) is 0 Å². The van der Waals surface area contributed by atoms with Crippen molar-refractivity contribution in [3.05, 3.63) is 83.9 Å². The van der Waals surface area contributed by atoms with Crippen molar-refractivity contribution in [1.29, 1.82) is 0 Å². The van der Waals surface area contributed by atoms with Gasteiger partial charge in [-0.1, -0.05) is 30.3 Å². The van der Waals surface area contributed by atoms with Gasteiger partial charge in [-0.3, -0.25) is 0 Å². The van der Waals surface area contributed by atoms with Gasteiger partial charge in [0.2, 0.25) is 0 Å². The molecule has 0 amide bonds. The minimum atomic E-state index is -0.730. The lowest BCUT2D eigenvalue weighted by Crippen LogP contribution is -1.92. The molecule has 0 aliphatic rings. The molecule has 4 heteroatoms. The number of rotatable bonds is 2. The third kappa shape index (κ3) is 2.48. The van der Waals surface area contributed by atoms with E-state index in [2.05, 4.69) is 0 Å². The van der Waals surface area contributed by atoms with Crippen LogP contribution in [0.5, 0.6) is 0 Å². The largest absolute Gasteiger partial charge is 0.206 e. The van der Waals surface area contributed by atoms with Gasteiger partial charge in [-0.05, 0) is 41.5 Å². The van der Waals surface area contributed by atoms with Crippen LogP contribution in [0.4, 0.5) is 17.6 Å². The van der Waals surface area contributed by atoms with E-state index in [1.807, 2.05) is 0 Å². The van der Waals surface area contributed by atoms with Crippen LogP contribution in [0.15, 0.2) is 60.7 Å². The van der Waals surface area contributed by atoms with E-state index >= 15 is 0 Å². The summed E-state index contributed by atoms with van der Waals surface area (Å²) in [5.41, 5.74) is -0.00583. The molecule has 0 unspecified atom stereocenters. The van der Waals surface area contributed by atoms with E-state index in [0.29, 0.717) is 0 Å². The third-order valence-corrected chi connectivity index (χ3v) is 3.37. The maximum atomic E-state index is 13.8. The number of benzene rings is 3. The molecule has 3 aromatic rings. The predicted molar refractivity (Wildman–Crippen MR) is 77.1 cm³/mol. The Kier molecular flexibility index (Phi) is 3.67. The molecule has 0 saturated carbocycles. The SMILES string of the molecule is Fc1cccc(F)c1-c1cccc(-c2c(F)cccc2F)c1. The molecule has 0 aliphatic heterocycles. The highest BCUT2D eigenvalue weighted by Crippen LogP contribution is 2.32. The molecule has 0 aromatic heterocycles. The third-order valence-electron chi connectivity index (χ3n) is 3.37. The molecule has 110 valence electrons. The van der Waals surface area contributed by atoms with Gasteiger partial charge >= 0.3 is 0 Å². The summed E-state index contributed by atoms with van der Waals surface area (Å²) in [4.78, 5) is 0. The molecule has 0 saturated heterocycles. The van der Waals surface area contributed by atoms with E-state index in [9.17, 15) is 17.6 Å². The van der Waals surface area contributed by atoms with Crippen LogP contribution < -0.4 is 0 Å². The molecule has 22 heavy (non-hydrogen) atoms. The van der Waals surface area contributed by atoms with Crippen molar-refractivity contribution in [2.75, 3.05) is 0 Å². The summed E-state index contributed by atoms with van der Waals surface area (Å²) in [7, 11) is 0. The monoisotopic (exact) mass is 302 g/mol. The first-order chi connectivity index (χ1) is 10.6. The molecule has 0 aliphatic carbocycles. The van der Waals surface area contributed by atoms with Crippen LogP contribution in [0, 0.1) is 23.3 Å². The number of hydrogen-bond donors (Lipinski definition) is 0. The summed E-state index contributed by atoms with van der Waals surface area (Å²) in [5, 5.41) is 0. The van der Waals surface area contributed by atoms with Crippen molar-refractivity contribution < 1.29 is 17.6 Å². The minimum Gasteiger partial charge on any atom is -0.206 e. The molecule has 0 spiro atoms. The Balaban J connectivity index is 2.19. The first kappa shape index (κ1) is 14.3. The zero-order valence-electron chi connectivity index (χ0n) is 11.3.